The minimum absolute atomic E-state index is 0.0460. The molecule has 1 spiro atoms. The fourth-order valence-corrected chi connectivity index (χ4v) is 5.61. The average molecular weight is 578 g/mol. The highest BCUT2D eigenvalue weighted by Gasteiger charge is 2.54. The van der Waals surface area contributed by atoms with Crippen LogP contribution in [0.1, 0.15) is 23.2 Å². The van der Waals surface area contributed by atoms with Gasteiger partial charge in [0.05, 0.1) is 18.7 Å². The van der Waals surface area contributed by atoms with Crippen molar-refractivity contribution in [1.29, 1.82) is 0 Å². The molecule has 2 aliphatic heterocycles. The molecule has 41 heavy (non-hydrogen) atoms. The first-order chi connectivity index (χ1) is 19.7. The number of nitro groups is 1. The van der Waals surface area contributed by atoms with E-state index in [1.807, 2.05) is 35.2 Å². The van der Waals surface area contributed by atoms with Crippen LogP contribution in [-0.4, -0.2) is 71.4 Å². The first-order valence-electron chi connectivity index (χ1n) is 13.0. The Labute approximate surface area is 241 Å². The summed E-state index contributed by atoms with van der Waals surface area (Å²) in [4.78, 5) is 55.9. The average Bonchev–Trinajstić information content (AvgIpc) is 3.24. The number of nitro benzene ring substituents is 1. The van der Waals surface area contributed by atoms with Crippen LogP contribution in [0.25, 0.3) is 0 Å². The molecule has 3 aromatic rings. The predicted molar refractivity (Wildman–Crippen MR) is 153 cm³/mol. The number of carbonyl (C=O) groups is 3. The van der Waals surface area contributed by atoms with Crippen LogP contribution in [0.5, 0.6) is 5.75 Å². The van der Waals surface area contributed by atoms with Crippen molar-refractivity contribution in [2.24, 2.45) is 0 Å². The maximum Gasteiger partial charge on any atom is 0.288 e. The van der Waals surface area contributed by atoms with Gasteiger partial charge in [0.15, 0.2) is 0 Å². The minimum Gasteiger partial charge on any atom is -0.497 e. The standard InChI is InChI=1S/C29H28ClN5O6/c1-41-23-10-8-21(9-11-23)31-26(36)18-33-19-34(22-5-3-2-4-6-22)29(28(33)38)13-15-32(16-14-29)27(37)20-7-12-24(30)25(17-20)35(39)40/h2-12,17H,13-16,18-19H2,1H3,(H,31,36). The number of carbonyl (C=O) groups excluding carboxylic acids is 3. The lowest BCUT2D eigenvalue weighted by atomic mass is 9.85. The van der Waals surface area contributed by atoms with Crippen LogP contribution in [0.3, 0.4) is 0 Å². The third-order valence-electron chi connectivity index (χ3n) is 7.56. The second kappa shape index (κ2) is 11.5. The SMILES string of the molecule is COc1ccc(NC(=O)CN2CN(c3ccccc3)C3(CCN(C(=O)c4ccc(Cl)c([N+](=O)[O-])c4)CC3)C2=O)cc1. The van der Waals surface area contributed by atoms with Crippen molar-refractivity contribution in [3.8, 4) is 5.75 Å². The number of hydrogen-bond acceptors (Lipinski definition) is 7. The third-order valence-corrected chi connectivity index (χ3v) is 7.88. The molecule has 3 amide bonds. The number of nitrogens with zero attached hydrogens (tertiary/aromatic N) is 4. The zero-order chi connectivity index (χ0) is 29.1. The Morgan fingerprint density at radius 1 is 1.05 bits per heavy atom. The molecule has 2 fully saturated rings. The van der Waals surface area contributed by atoms with Gasteiger partial charge in [-0.15, -0.1) is 0 Å². The molecular weight excluding hydrogens is 550 g/mol. The molecule has 2 saturated heterocycles. The first-order valence-corrected chi connectivity index (χ1v) is 13.4. The van der Waals surface area contributed by atoms with E-state index in [-0.39, 0.29) is 60.3 Å². The Balaban J connectivity index is 1.33. The lowest BCUT2D eigenvalue weighted by molar-refractivity contribution is -0.384. The van der Waals surface area contributed by atoms with E-state index in [9.17, 15) is 24.5 Å². The van der Waals surface area contributed by atoms with Crippen LogP contribution in [-0.2, 0) is 9.59 Å². The molecule has 212 valence electrons. The van der Waals surface area contributed by atoms with Crippen LogP contribution >= 0.6 is 11.6 Å². The summed E-state index contributed by atoms with van der Waals surface area (Å²) in [6.07, 6.45) is 0.664. The molecule has 2 heterocycles. The van der Waals surface area contributed by atoms with Gasteiger partial charge in [0.25, 0.3) is 17.5 Å². The second-order valence-corrected chi connectivity index (χ2v) is 10.3. The monoisotopic (exact) mass is 577 g/mol. The van der Waals surface area contributed by atoms with Gasteiger partial charge in [-0.05, 0) is 61.4 Å². The van der Waals surface area contributed by atoms with Gasteiger partial charge in [-0.2, -0.15) is 0 Å². The predicted octanol–water partition coefficient (Wildman–Crippen LogP) is 4.18. The maximum absolute atomic E-state index is 13.9. The van der Waals surface area contributed by atoms with E-state index in [1.165, 1.54) is 23.1 Å². The summed E-state index contributed by atoms with van der Waals surface area (Å²) in [5.41, 5.74) is 0.311. The van der Waals surface area contributed by atoms with E-state index >= 15 is 0 Å². The van der Waals surface area contributed by atoms with E-state index in [4.69, 9.17) is 16.3 Å². The van der Waals surface area contributed by atoms with E-state index < -0.39 is 10.5 Å². The lowest BCUT2D eigenvalue weighted by Crippen LogP contribution is -2.57. The highest BCUT2D eigenvalue weighted by molar-refractivity contribution is 6.32. The van der Waals surface area contributed by atoms with Gasteiger partial charge in [0.1, 0.15) is 22.9 Å². The fourth-order valence-electron chi connectivity index (χ4n) is 5.42. The number of piperidine rings is 1. The largest absolute Gasteiger partial charge is 0.497 e. The number of likely N-dealkylation sites (tertiary alicyclic amines) is 1. The van der Waals surface area contributed by atoms with Gasteiger partial charge in [0.2, 0.25) is 5.91 Å². The van der Waals surface area contributed by atoms with Crippen LogP contribution in [0, 0.1) is 10.1 Å². The Morgan fingerprint density at radius 3 is 2.37 bits per heavy atom. The van der Waals surface area contributed by atoms with Gasteiger partial charge >= 0.3 is 0 Å². The molecule has 12 heteroatoms. The molecule has 0 radical (unpaired) electrons. The number of nitrogens with one attached hydrogen (secondary N) is 1. The number of halogens is 1. The topological polar surface area (TPSA) is 125 Å². The van der Waals surface area contributed by atoms with E-state index in [1.54, 1.807) is 36.3 Å². The van der Waals surface area contributed by atoms with Crippen molar-refractivity contribution in [1.82, 2.24) is 9.80 Å². The van der Waals surface area contributed by atoms with Crippen molar-refractivity contribution in [2.45, 2.75) is 18.4 Å². The summed E-state index contributed by atoms with van der Waals surface area (Å²) in [6, 6.07) is 20.4. The molecule has 0 atom stereocenters. The number of rotatable bonds is 7. The van der Waals surface area contributed by atoms with Gasteiger partial charge in [0, 0.05) is 36.1 Å². The van der Waals surface area contributed by atoms with Crippen molar-refractivity contribution >= 4 is 46.4 Å². The Morgan fingerprint density at radius 2 is 1.73 bits per heavy atom. The molecule has 11 nitrogen and oxygen atoms in total. The molecular formula is C29H28ClN5O6. The molecule has 0 bridgehead atoms. The number of hydrogen-bond donors (Lipinski definition) is 1. The minimum atomic E-state index is -0.940. The Hall–Kier alpha value is -4.64. The quantitative estimate of drug-likeness (QED) is 0.330. The smallest absolute Gasteiger partial charge is 0.288 e. The van der Waals surface area contributed by atoms with Crippen LogP contribution in [0.2, 0.25) is 5.02 Å². The molecule has 0 unspecified atom stereocenters. The first kappa shape index (κ1) is 27.9. The maximum atomic E-state index is 13.9. The number of ether oxygens (including phenoxy) is 1. The number of amides is 3. The number of methoxy groups -OCH3 is 1. The Kier molecular flexibility index (Phi) is 7.80. The molecule has 3 aromatic carbocycles. The number of anilines is 2. The number of para-hydroxylation sites is 1. The van der Waals surface area contributed by atoms with Crippen LogP contribution in [0.4, 0.5) is 17.1 Å². The van der Waals surface area contributed by atoms with Crippen LogP contribution < -0.4 is 15.0 Å². The summed E-state index contributed by atoms with van der Waals surface area (Å²) in [5, 5.41) is 14.1. The molecule has 1 N–H and O–H groups in total. The molecule has 0 aromatic heterocycles. The summed E-state index contributed by atoms with van der Waals surface area (Å²) in [7, 11) is 1.56. The van der Waals surface area contributed by atoms with Gasteiger partial charge in [-0.1, -0.05) is 29.8 Å². The highest BCUT2D eigenvalue weighted by atomic mass is 35.5. The van der Waals surface area contributed by atoms with Crippen molar-refractivity contribution in [3.63, 3.8) is 0 Å². The molecule has 0 saturated carbocycles. The van der Waals surface area contributed by atoms with Gasteiger partial charge in [-0.3, -0.25) is 24.5 Å². The van der Waals surface area contributed by atoms with Gasteiger partial charge in [-0.25, -0.2) is 0 Å². The van der Waals surface area contributed by atoms with Crippen LogP contribution in [0.15, 0.2) is 72.8 Å². The summed E-state index contributed by atoms with van der Waals surface area (Å²) < 4.78 is 5.15. The number of benzene rings is 3. The second-order valence-electron chi connectivity index (χ2n) is 9.93. The lowest BCUT2D eigenvalue weighted by Gasteiger charge is -2.43. The van der Waals surface area contributed by atoms with Crippen molar-refractivity contribution < 1.29 is 24.0 Å². The zero-order valence-corrected chi connectivity index (χ0v) is 23.0. The molecule has 5 rings (SSSR count). The van der Waals surface area contributed by atoms with Crippen molar-refractivity contribution in [3.05, 3.63) is 93.5 Å². The van der Waals surface area contributed by atoms with Gasteiger partial charge < -0.3 is 24.8 Å². The summed E-state index contributed by atoms with van der Waals surface area (Å²) in [6.45, 7) is 0.607. The zero-order valence-electron chi connectivity index (χ0n) is 22.3. The summed E-state index contributed by atoms with van der Waals surface area (Å²) in [5.74, 6) is -0.213. The van der Waals surface area contributed by atoms with E-state index in [2.05, 4.69) is 5.32 Å². The molecule has 2 aliphatic rings. The normalized spacial score (nSPS) is 16.1. The Bertz CT molecular complexity index is 1470. The summed E-state index contributed by atoms with van der Waals surface area (Å²) >= 11 is 5.91. The van der Waals surface area contributed by atoms with Crippen molar-refractivity contribution in [2.75, 3.05) is 43.6 Å². The fraction of sp³-hybridized carbons (Fsp3) is 0.276. The molecule has 0 aliphatic carbocycles. The third kappa shape index (κ3) is 5.53. The highest BCUT2D eigenvalue weighted by Crippen LogP contribution is 2.40. The van der Waals surface area contributed by atoms with E-state index in [0.717, 1.165) is 5.69 Å². The van der Waals surface area contributed by atoms with E-state index in [0.29, 0.717) is 24.3 Å².